The SMILES string of the molecule is Cc1cc(N)cc(C(=O)NCC(O)C(C)C)c1F. The molecule has 1 rings (SSSR count). The lowest BCUT2D eigenvalue weighted by Gasteiger charge is -2.15. The Morgan fingerprint density at radius 2 is 2.11 bits per heavy atom. The fourth-order valence-electron chi connectivity index (χ4n) is 1.49. The van der Waals surface area contributed by atoms with E-state index in [1.54, 1.807) is 6.92 Å². The van der Waals surface area contributed by atoms with Crippen LogP contribution < -0.4 is 11.1 Å². The van der Waals surface area contributed by atoms with E-state index >= 15 is 0 Å². The molecule has 1 aromatic rings. The van der Waals surface area contributed by atoms with Crippen molar-refractivity contribution in [3.63, 3.8) is 0 Å². The molecule has 1 aromatic carbocycles. The van der Waals surface area contributed by atoms with E-state index in [2.05, 4.69) is 5.32 Å². The van der Waals surface area contributed by atoms with Crippen LogP contribution in [0.1, 0.15) is 29.8 Å². The van der Waals surface area contributed by atoms with E-state index < -0.39 is 17.8 Å². The molecule has 0 saturated heterocycles. The zero-order chi connectivity index (χ0) is 13.9. The molecule has 0 heterocycles. The Hall–Kier alpha value is -1.62. The number of hydrogen-bond acceptors (Lipinski definition) is 3. The van der Waals surface area contributed by atoms with Gasteiger partial charge in [-0.1, -0.05) is 13.8 Å². The summed E-state index contributed by atoms with van der Waals surface area (Å²) < 4.78 is 13.7. The highest BCUT2D eigenvalue weighted by Gasteiger charge is 2.16. The molecule has 0 aliphatic rings. The first-order valence-electron chi connectivity index (χ1n) is 5.84. The number of aliphatic hydroxyl groups is 1. The third-order valence-corrected chi connectivity index (χ3v) is 2.76. The van der Waals surface area contributed by atoms with Gasteiger partial charge in [-0.15, -0.1) is 0 Å². The summed E-state index contributed by atoms with van der Waals surface area (Å²) in [5, 5.41) is 12.1. The van der Waals surface area contributed by atoms with Crippen LogP contribution in [0, 0.1) is 18.7 Å². The second kappa shape index (κ2) is 5.82. The van der Waals surface area contributed by atoms with Crippen LogP contribution in [0.25, 0.3) is 0 Å². The zero-order valence-corrected chi connectivity index (χ0v) is 10.8. The van der Waals surface area contributed by atoms with Crippen molar-refractivity contribution < 1.29 is 14.3 Å². The molecule has 0 saturated carbocycles. The van der Waals surface area contributed by atoms with Crippen LogP contribution >= 0.6 is 0 Å². The van der Waals surface area contributed by atoms with Gasteiger partial charge in [-0.2, -0.15) is 0 Å². The van der Waals surface area contributed by atoms with Crippen LogP contribution in [0.4, 0.5) is 10.1 Å². The third kappa shape index (κ3) is 3.43. The normalized spacial score (nSPS) is 12.6. The maximum absolute atomic E-state index is 13.7. The molecule has 1 amide bonds. The van der Waals surface area contributed by atoms with E-state index in [-0.39, 0.29) is 18.0 Å². The van der Waals surface area contributed by atoms with Gasteiger partial charge in [-0.05, 0) is 30.5 Å². The minimum absolute atomic E-state index is 0.0257. The van der Waals surface area contributed by atoms with E-state index in [0.29, 0.717) is 11.3 Å². The van der Waals surface area contributed by atoms with Gasteiger partial charge in [-0.3, -0.25) is 4.79 Å². The molecule has 0 spiro atoms. The van der Waals surface area contributed by atoms with Gasteiger partial charge in [0.1, 0.15) is 5.82 Å². The lowest BCUT2D eigenvalue weighted by molar-refractivity contribution is 0.0868. The van der Waals surface area contributed by atoms with Gasteiger partial charge in [0.25, 0.3) is 5.91 Å². The number of nitrogens with two attached hydrogens (primary N) is 1. The highest BCUT2D eigenvalue weighted by Crippen LogP contribution is 2.17. The quantitative estimate of drug-likeness (QED) is 0.712. The Morgan fingerprint density at radius 3 is 2.67 bits per heavy atom. The Morgan fingerprint density at radius 1 is 1.50 bits per heavy atom. The van der Waals surface area contributed by atoms with Crippen LogP contribution in [0.15, 0.2) is 12.1 Å². The third-order valence-electron chi connectivity index (χ3n) is 2.76. The number of aliphatic hydroxyl groups excluding tert-OH is 1. The summed E-state index contributed by atoms with van der Waals surface area (Å²) in [6, 6.07) is 2.76. The van der Waals surface area contributed by atoms with Crippen LogP contribution in [-0.4, -0.2) is 23.7 Å². The molecule has 0 fully saturated rings. The predicted molar refractivity (Wildman–Crippen MR) is 68.7 cm³/mol. The van der Waals surface area contributed by atoms with Crippen molar-refractivity contribution in [3.05, 3.63) is 29.1 Å². The molecule has 4 N–H and O–H groups in total. The maximum atomic E-state index is 13.7. The highest BCUT2D eigenvalue weighted by molar-refractivity contribution is 5.95. The largest absolute Gasteiger partial charge is 0.399 e. The van der Waals surface area contributed by atoms with Crippen LogP contribution in [0.2, 0.25) is 0 Å². The van der Waals surface area contributed by atoms with E-state index in [4.69, 9.17) is 5.73 Å². The summed E-state index contributed by atoms with van der Waals surface area (Å²) in [6.45, 7) is 5.30. The number of aryl methyl sites for hydroxylation is 1. The first-order chi connectivity index (χ1) is 8.32. The number of benzene rings is 1. The van der Waals surface area contributed by atoms with E-state index in [9.17, 15) is 14.3 Å². The minimum Gasteiger partial charge on any atom is -0.399 e. The van der Waals surface area contributed by atoms with E-state index in [0.717, 1.165) is 0 Å². The summed E-state index contributed by atoms with van der Waals surface area (Å²) in [7, 11) is 0. The first-order valence-corrected chi connectivity index (χ1v) is 5.84. The number of halogens is 1. The molecule has 0 aliphatic heterocycles. The number of nitrogens with one attached hydrogen (secondary N) is 1. The van der Waals surface area contributed by atoms with Crippen molar-refractivity contribution in [1.82, 2.24) is 5.32 Å². The van der Waals surface area contributed by atoms with Crippen molar-refractivity contribution in [2.75, 3.05) is 12.3 Å². The molecule has 0 bridgehead atoms. The molecule has 1 atom stereocenters. The number of carbonyl (C=O) groups excluding carboxylic acids is 1. The Balaban J connectivity index is 2.79. The molecule has 0 aliphatic carbocycles. The van der Waals surface area contributed by atoms with Crippen LogP contribution in [0.5, 0.6) is 0 Å². The molecule has 4 nitrogen and oxygen atoms in total. The fourth-order valence-corrected chi connectivity index (χ4v) is 1.49. The van der Waals surface area contributed by atoms with Gasteiger partial charge in [0.2, 0.25) is 0 Å². The Bertz CT molecular complexity index is 447. The lowest BCUT2D eigenvalue weighted by Crippen LogP contribution is -2.35. The van der Waals surface area contributed by atoms with Gasteiger partial charge in [-0.25, -0.2) is 4.39 Å². The Labute approximate surface area is 106 Å². The summed E-state index contributed by atoms with van der Waals surface area (Å²) in [4.78, 5) is 11.8. The molecule has 0 radical (unpaired) electrons. The van der Waals surface area contributed by atoms with Crippen LogP contribution in [0.3, 0.4) is 0 Å². The number of nitrogen functional groups attached to an aromatic ring is 1. The average Bonchev–Trinajstić information content (AvgIpc) is 2.29. The van der Waals surface area contributed by atoms with Gasteiger partial charge in [0, 0.05) is 12.2 Å². The molecule has 5 heteroatoms. The highest BCUT2D eigenvalue weighted by atomic mass is 19.1. The average molecular weight is 254 g/mol. The van der Waals surface area contributed by atoms with Gasteiger partial charge in [0.15, 0.2) is 0 Å². The van der Waals surface area contributed by atoms with Gasteiger partial charge >= 0.3 is 0 Å². The fraction of sp³-hybridized carbons (Fsp3) is 0.462. The van der Waals surface area contributed by atoms with E-state index in [1.165, 1.54) is 12.1 Å². The lowest BCUT2D eigenvalue weighted by atomic mass is 10.1. The minimum atomic E-state index is -0.654. The van der Waals surface area contributed by atoms with Crippen molar-refractivity contribution in [3.8, 4) is 0 Å². The second-order valence-corrected chi connectivity index (χ2v) is 4.72. The monoisotopic (exact) mass is 254 g/mol. The maximum Gasteiger partial charge on any atom is 0.254 e. The summed E-state index contributed by atoms with van der Waals surface area (Å²) in [6.07, 6.45) is -0.654. The van der Waals surface area contributed by atoms with Crippen molar-refractivity contribution >= 4 is 11.6 Å². The number of rotatable bonds is 4. The van der Waals surface area contributed by atoms with Crippen molar-refractivity contribution in [2.24, 2.45) is 5.92 Å². The number of hydrogen-bond donors (Lipinski definition) is 3. The molecular weight excluding hydrogens is 235 g/mol. The standard InChI is InChI=1S/C13H19FN2O2/c1-7(2)11(17)6-16-13(18)10-5-9(15)4-8(3)12(10)14/h4-5,7,11,17H,6,15H2,1-3H3,(H,16,18). The smallest absolute Gasteiger partial charge is 0.254 e. The van der Waals surface area contributed by atoms with E-state index in [1.807, 2.05) is 13.8 Å². The number of anilines is 1. The second-order valence-electron chi connectivity index (χ2n) is 4.72. The number of carbonyl (C=O) groups is 1. The molecule has 0 aromatic heterocycles. The number of amides is 1. The zero-order valence-electron chi connectivity index (χ0n) is 10.8. The Kier molecular flexibility index (Phi) is 4.67. The topological polar surface area (TPSA) is 75.4 Å². The summed E-state index contributed by atoms with van der Waals surface area (Å²) in [5.74, 6) is -1.12. The molecular formula is C13H19FN2O2. The predicted octanol–water partition coefficient (Wildman–Crippen LogP) is 1.46. The first kappa shape index (κ1) is 14.4. The van der Waals surface area contributed by atoms with Crippen LogP contribution in [-0.2, 0) is 0 Å². The van der Waals surface area contributed by atoms with Crippen molar-refractivity contribution in [1.29, 1.82) is 0 Å². The molecule has 1 unspecified atom stereocenters. The molecule has 18 heavy (non-hydrogen) atoms. The molecule has 100 valence electrons. The van der Waals surface area contributed by atoms with Gasteiger partial charge < -0.3 is 16.2 Å². The summed E-state index contributed by atoms with van der Waals surface area (Å²) in [5.41, 5.74) is 6.14. The summed E-state index contributed by atoms with van der Waals surface area (Å²) >= 11 is 0. The van der Waals surface area contributed by atoms with Gasteiger partial charge in [0.05, 0.1) is 11.7 Å². The van der Waals surface area contributed by atoms with Crippen molar-refractivity contribution in [2.45, 2.75) is 26.9 Å².